The van der Waals surface area contributed by atoms with Crippen molar-refractivity contribution in [2.24, 2.45) is 5.92 Å². The zero-order chi connectivity index (χ0) is 17.7. The summed E-state index contributed by atoms with van der Waals surface area (Å²) in [5.41, 5.74) is 1.35. The summed E-state index contributed by atoms with van der Waals surface area (Å²) in [7, 11) is 0. The van der Waals surface area contributed by atoms with Crippen molar-refractivity contribution in [2.45, 2.75) is 38.5 Å². The quantitative estimate of drug-likeness (QED) is 0.795. The van der Waals surface area contributed by atoms with Crippen molar-refractivity contribution in [3.63, 3.8) is 0 Å². The van der Waals surface area contributed by atoms with E-state index in [0.29, 0.717) is 18.2 Å². The van der Waals surface area contributed by atoms with E-state index in [1.807, 2.05) is 6.07 Å². The van der Waals surface area contributed by atoms with Crippen LogP contribution in [0.3, 0.4) is 0 Å². The van der Waals surface area contributed by atoms with Crippen molar-refractivity contribution in [1.82, 2.24) is 9.80 Å². The van der Waals surface area contributed by atoms with Gasteiger partial charge in [-0.05, 0) is 29.7 Å². The van der Waals surface area contributed by atoms with Gasteiger partial charge >= 0.3 is 0 Å². The maximum atomic E-state index is 12.6. The number of carbonyl (C=O) groups is 1. The number of hydrogen-bond acceptors (Lipinski definition) is 3. The van der Waals surface area contributed by atoms with Crippen LogP contribution in [-0.2, 0) is 14.9 Å². The van der Waals surface area contributed by atoms with Gasteiger partial charge in [0, 0.05) is 45.8 Å². The Morgan fingerprint density at radius 3 is 2.52 bits per heavy atom. The van der Waals surface area contributed by atoms with Crippen LogP contribution in [0.2, 0.25) is 0 Å². The normalized spacial score (nSPS) is 22.3. The molecule has 3 rings (SSSR count). The molecule has 4 nitrogen and oxygen atoms in total. The van der Waals surface area contributed by atoms with Crippen molar-refractivity contribution >= 4 is 5.91 Å². The Balaban J connectivity index is 1.42. The van der Waals surface area contributed by atoms with Gasteiger partial charge in [-0.2, -0.15) is 0 Å². The third-order valence-electron chi connectivity index (χ3n) is 5.78. The minimum atomic E-state index is 0.0429. The molecule has 1 aromatic rings. The molecule has 0 aromatic heterocycles. The van der Waals surface area contributed by atoms with Gasteiger partial charge in [-0.1, -0.05) is 44.2 Å². The van der Waals surface area contributed by atoms with Crippen LogP contribution in [0.5, 0.6) is 0 Å². The molecule has 1 amide bonds. The topological polar surface area (TPSA) is 32.8 Å². The van der Waals surface area contributed by atoms with Crippen LogP contribution in [0.1, 0.15) is 38.7 Å². The Morgan fingerprint density at radius 1 is 1.16 bits per heavy atom. The average Bonchev–Trinajstić information content (AvgIpc) is 3.14. The van der Waals surface area contributed by atoms with Gasteiger partial charge in [-0.15, -0.1) is 0 Å². The molecule has 25 heavy (non-hydrogen) atoms. The number of hydrogen-bond donors (Lipinski definition) is 0. The molecule has 0 saturated carbocycles. The molecule has 2 aliphatic heterocycles. The molecule has 1 aromatic carbocycles. The first-order valence-corrected chi connectivity index (χ1v) is 9.68. The van der Waals surface area contributed by atoms with Crippen LogP contribution in [0.25, 0.3) is 0 Å². The zero-order valence-electron chi connectivity index (χ0n) is 15.7. The van der Waals surface area contributed by atoms with E-state index in [1.54, 1.807) is 0 Å². The summed E-state index contributed by atoms with van der Waals surface area (Å²) < 4.78 is 5.47. The molecule has 1 atom stereocenters. The van der Waals surface area contributed by atoms with E-state index >= 15 is 0 Å². The highest BCUT2D eigenvalue weighted by Crippen LogP contribution is 2.28. The Morgan fingerprint density at radius 2 is 1.88 bits per heavy atom. The molecular formula is C21H32N2O2. The van der Waals surface area contributed by atoms with Crippen molar-refractivity contribution in [3.05, 3.63) is 35.9 Å². The Kier molecular flexibility index (Phi) is 6.13. The number of amides is 1. The highest BCUT2D eigenvalue weighted by atomic mass is 16.5. The summed E-state index contributed by atoms with van der Waals surface area (Å²) in [4.78, 5) is 17.2. The minimum Gasteiger partial charge on any atom is -0.381 e. The summed E-state index contributed by atoms with van der Waals surface area (Å²) in [6.07, 6.45) is 2.72. The summed E-state index contributed by atoms with van der Waals surface area (Å²) in [6, 6.07) is 10.5. The largest absolute Gasteiger partial charge is 0.381 e. The van der Waals surface area contributed by atoms with Gasteiger partial charge in [0.1, 0.15) is 0 Å². The first-order valence-electron chi connectivity index (χ1n) is 9.68. The van der Waals surface area contributed by atoms with E-state index in [2.05, 4.69) is 47.9 Å². The molecule has 138 valence electrons. The maximum Gasteiger partial charge on any atom is 0.222 e. The lowest BCUT2D eigenvalue weighted by atomic mass is 9.80. The fraction of sp³-hybridized carbons (Fsp3) is 0.667. The van der Waals surface area contributed by atoms with Gasteiger partial charge in [0.15, 0.2) is 0 Å². The summed E-state index contributed by atoms with van der Waals surface area (Å²) in [6.45, 7) is 11.2. The average molecular weight is 344 g/mol. The molecule has 0 bridgehead atoms. The zero-order valence-corrected chi connectivity index (χ0v) is 15.7. The van der Waals surface area contributed by atoms with Crippen LogP contribution in [0.4, 0.5) is 0 Å². The van der Waals surface area contributed by atoms with Crippen molar-refractivity contribution < 1.29 is 9.53 Å². The summed E-state index contributed by atoms with van der Waals surface area (Å²) in [5.74, 6) is 1.00. The first-order chi connectivity index (χ1) is 12.0. The highest BCUT2D eigenvalue weighted by Gasteiger charge is 2.27. The van der Waals surface area contributed by atoms with Crippen LogP contribution < -0.4 is 0 Å². The van der Waals surface area contributed by atoms with Crippen LogP contribution >= 0.6 is 0 Å². The third kappa shape index (κ3) is 5.05. The second-order valence-corrected chi connectivity index (χ2v) is 8.16. The smallest absolute Gasteiger partial charge is 0.222 e. The van der Waals surface area contributed by atoms with Gasteiger partial charge in [-0.3, -0.25) is 9.69 Å². The number of carbonyl (C=O) groups excluding carboxylic acids is 1. The van der Waals surface area contributed by atoms with E-state index in [1.165, 1.54) is 12.0 Å². The molecule has 0 spiro atoms. The molecule has 2 fully saturated rings. The fourth-order valence-electron chi connectivity index (χ4n) is 3.88. The second-order valence-electron chi connectivity index (χ2n) is 8.16. The summed E-state index contributed by atoms with van der Waals surface area (Å²) >= 11 is 0. The predicted octanol–water partition coefficient (Wildman–Crippen LogP) is 2.93. The van der Waals surface area contributed by atoms with Crippen molar-refractivity contribution in [2.75, 3.05) is 45.9 Å². The molecule has 2 heterocycles. The van der Waals surface area contributed by atoms with Crippen molar-refractivity contribution in [3.8, 4) is 0 Å². The van der Waals surface area contributed by atoms with Crippen LogP contribution in [0.15, 0.2) is 30.3 Å². The van der Waals surface area contributed by atoms with E-state index in [9.17, 15) is 4.79 Å². The Bertz CT molecular complexity index is 544. The van der Waals surface area contributed by atoms with Gasteiger partial charge < -0.3 is 9.64 Å². The summed E-state index contributed by atoms with van der Waals surface area (Å²) in [5, 5.41) is 0. The molecular weight excluding hydrogens is 312 g/mol. The molecule has 0 radical (unpaired) electrons. The molecule has 0 N–H and O–H groups in total. The van der Waals surface area contributed by atoms with Gasteiger partial charge in [0.05, 0.1) is 6.61 Å². The monoisotopic (exact) mass is 344 g/mol. The molecule has 0 unspecified atom stereocenters. The number of benzene rings is 1. The van der Waals surface area contributed by atoms with Gasteiger partial charge in [0.25, 0.3) is 0 Å². The number of ether oxygens (including phenoxy) is 1. The van der Waals surface area contributed by atoms with Crippen LogP contribution in [-0.4, -0.2) is 61.6 Å². The SMILES string of the molecule is CC(C)(CCC(=O)N1CCN(C[C@H]2CCOC2)CC1)c1ccccc1. The first kappa shape index (κ1) is 18.4. The number of nitrogens with zero attached hydrogens (tertiary/aromatic N) is 2. The van der Waals surface area contributed by atoms with E-state index < -0.39 is 0 Å². The Labute approximate surface area is 152 Å². The fourth-order valence-corrected chi connectivity index (χ4v) is 3.88. The van der Waals surface area contributed by atoms with Crippen LogP contribution in [0, 0.1) is 5.92 Å². The maximum absolute atomic E-state index is 12.6. The lowest BCUT2D eigenvalue weighted by molar-refractivity contribution is -0.133. The standard InChI is InChI=1S/C21H32N2O2/c1-21(2,19-6-4-3-5-7-19)10-8-20(24)23-13-11-22(12-14-23)16-18-9-15-25-17-18/h3-7,18H,8-17H2,1-2H3/t18-/m1/s1. The van der Waals surface area contributed by atoms with Crippen molar-refractivity contribution in [1.29, 1.82) is 0 Å². The van der Waals surface area contributed by atoms with Gasteiger partial charge in [-0.25, -0.2) is 0 Å². The van der Waals surface area contributed by atoms with E-state index in [-0.39, 0.29) is 5.41 Å². The third-order valence-corrected chi connectivity index (χ3v) is 5.78. The lowest BCUT2D eigenvalue weighted by Gasteiger charge is -2.36. The van der Waals surface area contributed by atoms with E-state index in [0.717, 1.165) is 52.4 Å². The number of piperazine rings is 1. The minimum absolute atomic E-state index is 0.0429. The number of rotatable bonds is 6. The highest BCUT2D eigenvalue weighted by molar-refractivity contribution is 5.76. The molecule has 0 aliphatic carbocycles. The van der Waals surface area contributed by atoms with E-state index in [4.69, 9.17) is 4.74 Å². The molecule has 2 saturated heterocycles. The molecule has 4 heteroatoms. The second kappa shape index (κ2) is 8.33. The Hall–Kier alpha value is -1.39. The predicted molar refractivity (Wildman–Crippen MR) is 101 cm³/mol. The molecule has 2 aliphatic rings. The van der Waals surface area contributed by atoms with Gasteiger partial charge in [0.2, 0.25) is 5.91 Å². The lowest BCUT2D eigenvalue weighted by Crippen LogP contribution is -2.50.